The van der Waals surface area contributed by atoms with Crippen molar-refractivity contribution in [3.05, 3.63) is 81.8 Å². The average Bonchev–Trinajstić information content (AvgIpc) is 3.06. The fraction of sp³-hybridized carbons (Fsp3) is 0.378. The van der Waals surface area contributed by atoms with Crippen molar-refractivity contribution in [2.75, 3.05) is 20.8 Å². The zero-order valence-electron chi connectivity index (χ0n) is 29.5. The molecule has 4 aromatic rings. The first kappa shape index (κ1) is 38.4. The van der Waals surface area contributed by atoms with Gasteiger partial charge < -0.3 is 24.7 Å². The fourth-order valence-electron chi connectivity index (χ4n) is 5.04. The lowest BCUT2D eigenvalue weighted by Gasteiger charge is -2.27. The van der Waals surface area contributed by atoms with E-state index < -0.39 is 16.1 Å². The van der Waals surface area contributed by atoms with Crippen molar-refractivity contribution in [3.63, 3.8) is 0 Å². The van der Waals surface area contributed by atoms with E-state index in [0.29, 0.717) is 51.8 Å². The van der Waals surface area contributed by atoms with Gasteiger partial charge in [0.15, 0.2) is 0 Å². The van der Waals surface area contributed by atoms with Gasteiger partial charge in [-0.1, -0.05) is 65.7 Å². The van der Waals surface area contributed by atoms with Gasteiger partial charge >= 0.3 is 0 Å². The third-order valence-electron chi connectivity index (χ3n) is 7.90. The van der Waals surface area contributed by atoms with Crippen LogP contribution in [0.25, 0.3) is 33.6 Å². The second-order valence-electron chi connectivity index (χ2n) is 13.4. The maximum absolute atomic E-state index is 12.7. The van der Waals surface area contributed by atoms with E-state index in [4.69, 9.17) is 42.6 Å². The van der Waals surface area contributed by atoms with Gasteiger partial charge in [-0.15, -0.1) is 4.72 Å². The summed E-state index contributed by atoms with van der Waals surface area (Å²) in [5.74, 6) is 0.811. The van der Waals surface area contributed by atoms with E-state index in [2.05, 4.69) is 15.4 Å². The molecule has 0 aliphatic rings. The Balaban J connectivity index is 1.64. The zero-order valence-corrected chi connectivity index (χ0v) is 31.8. The Kier molecular flexibility index (Phi) is 12.6. The van der Waals surface area contributed by atoms with Crippen molar-refractivity contribution in [3.8, 4) is 45.4 Å². The summed E-state index contributed by atoms with van der Waals surface area (Å²) in [6.45, 7) is 14.2. The summed E-state index contributed by atoms with van der Waals surface area (Å²) in [6, 6.07) is 18.9. The van der Waals surface area contributed by atoms with Crippen LogP contribution in [0, 0.1) is 0 Å². The molecule has 2 heterocycles. The largest absolute Gasteiger partial charge is 0.598 e. The van der Waals surface area contributed by atoms with Gasteiger partial charge in [0.1, 0.15) is 4.75 Å². The van der Waals surface area contributed by atoms with Gasteiger partial charge in [0.2, 0.25) is 17.7 Å². The maximum Gasteiger partial charge on any atom is 0.218 e. The number of nitrogens with zero attached hydrogens (tertiary/aromatic N) is 2. The number of aromatic nitrogens is 2. The minimum atomic E-state index is -1.27. The van der Waals surface area contributed by atoms with E-state index in [1.165, 1.54) is 6.92 Å². The second kappa shape index (κ2) is 16.1. The predicted octanol–water partition coefficient (Wildman–Crippen LogP) is 7.92. The van der Waals surface area contributed by atoms with Crippen LogP contribution in [0.15, 0.2) is 60.7 Å². The number of benzene rings is 2. The van der Waals surface area contributed by atoms with Crippen LogP contribution < -0.4 is 24.8 Å². The number of carbonyl (C=O) groups is 1. The lowest BCUT2D eigenvalue weighted by molar-refractivity contribution is -0.119. The first-order valence-corrected chi connectivity index (χ1v) is 17.8. The van der Waals surface area contributed by atoms with E-state index in [1.807, 2.05) is 102 Å². The SMILES string of the molecule is COc1nc(-c2cccc(-c3cccc(-c4ccc(C(C)N[S+]([O-])C(C)(C)C)c(OC)n4)c3Cl)c2Cl)ccc1CNC(C)(C)CNC(C)=O. The highest BCUT2D eigenvalue weighted by Gasteiger charge is 2.30. The first-order valence-electron chi connectivity index (χ1n) is 15.9. The quantitative estimate of drug-likeness (QED) is 0.119. The summed E-state index contributed by atoms with van der Waals surface area (Å²) >= 11 is 12.9. The minimum Gasteiger partial charge on any atom is -0.598 e. The standard InChI is InChI=1S/C37H45Cl2N5O4S/c1-22(44-49(46)36(3,4)5)25-17-19-31(43-35(25)48-9)29-15-11-13-27(33(29)39)26-12-10-14-28(32(26)38)30-18-16-24(34(42-30)47-8)20-41-37(6,7)21-40-23(2)45/h10-19,22,41,44H,20-21H2,1-9H3,(H,40,45). The van der Waals surface area contributed by atoms with Crippen molar-refractivity contribution in [2.45, 2.75) is 71.3 Å². The molecule has 0 saturated heterocycles. The summed E-state index contributed by atoms with van der Waals surface area (Å²) < 4.78 is 26.8. The number of carbonyl (C=O) groups excluding carboxylic acids is 1. The predicted molar refractivity (Wildman–Crippen MR) is 201 cm³/mol. The Morgan fingerprint density at radius 3 is 1.86 bits per heavy atom. The molecule has 2 aromatic heterocycles. The van der Waals surface area contributed by atoms with E-state index in [1.54, 1.807) is 14.2 Å². The number of hydrogen-bond donors (Lipinski definition) is 3. The molecule has 2 unspecified atom stereocenters. The number of pyridine rings is 2. The molecule has 0 bridgehead atoms. The van der Waals surface area contributed by atoms with Crippen LogP contribution in [0.3, 0.4) is 0 Å². The number of ether oxygens (including phenoxy) is 2. The number of nitrogens with one attached hydrogen (secondary N) is 3. The van der Waals surface area contributed by atoms with Gasteiger partial charge in [-0.2, -0.15) is 0 Å². The molecular weight excluding hydrogens is 681 g/mol. The van der Waals surface area contributed by atoms with Gasteiger partial charge in [0, 0.05) is 70.3 Å². The molecule has 3 N–H and O–H groups in total. The molecule has 9 nitrogen and oxygen atoms in total. The van der Waals surface area contributed by atoms with Crippen molar-refractivity contribution < 1.29 is 18.8 Å². The summed E-state index contributed by atoms with van der Waals surface area (Å²) in [5, 5.41) is 7.28. The highest BCUT2D eigenvalue weighted by atomic mass is 35.5. The van der Waals surface area contributed by atoms with Crippen molar-refractivity contribution >= 4 is 40.5 Å². The molecule has 1 amide bonds. The number of halogens is 2. The summed E-state index contributed by atoms with van der Waals surface area (Å²) in [4.78, 5) is 21.0. The molecule has 262 valence electrons. The van der Waals surface area contributed by atoms with Crippen molar-refractivity contribution in [1.29, 1.82) is 0 Å². The molecule has 0 radical (unpaired) electrons. The summed E-state index contributed by atoms with van der Waals surface area (Å²) in [5.41, 5.74) is 5.49. The molecule has 0 saturated carbocycles. The van der Waals surface area contributed by atoms with Crippen LogP contribution in [-0.4, -0.2) is 51.5 Å². The molecule has 0 aliphatic heterocycles. The van der Waals surface area contributed by atoms with Crippen LogP contribution in [0.1, 0.15) is 65.6 Å². The smallest absolute Gasteiger partial charge is 0.218 e. The Bertz CT molecular complexity index is 1800. The highest BCUT2D eigenvalue weighted by Crippen LogP contribution is 2.42. The molecule has 0 fully saturated rings. The molecule has 4 rings (SSSR count). The highest BCUT2D eigenvalue weighted by molar-refractivity contribution is 7.90. The first-order chi connectivity index (χ1) is 23.1. The molecule has 0 spiro atoms. The minimum absolute atomic E-state index is 0.0772. The van der Waals surface area contributed by atoms with E-state index in [-0.39, 0.29) is 17.5 Å². The van der Waals surface area contributed by atoms with Gasteiger partial charge in [0.25, 0.3) is 0 Å². The molecule has 12 heteroatoms. The molecule has 0 aliphatic carbocycles. The summed E-state index contributed by atoms with van der Waals surface area (Å²) in [7, 11) is 3.15. The molecule has 2 atom stereocenters. The zero-order chi connectivity index (χ0) is 36.1. The third kappa shape index (κ3) is 9.45. The average molecular weight is 727 g/mol. The number of methoxy groups -OCH3 is 2. The van der Waals surface area contributed by atoms with Crippen LogP contribution in [-0.2, 0) is 22.7 Å². The Morgan fingerprint density at radius 2 is 1.35 bits per heavy atom. The van der Waals surface area contributed by atoms with Gasteiger partial charge in [-0.3, -0.25) is 4.79 Å². The van der Waals surface area contributed by atoms with E-state index >= 15 is 0 Å². The van der Waals surface area contributed by atoms with E-state index in [9.17, 15) is 9.35 Å². The molecule has 2 aromatic carbocycles. The third-order valence-corrected chi connectivity index (χ3v) is 10.4. The Morgan fingerprint density at radius 1 is 0.837 bits per heavy atom. The van der Waals surface area contributed by atoms with Crippen LogP contribution in [0.5, 0.6) is 11.8 Å². The number of hydrogen-bond acceptors (Lipinski definition) is 8. The van der Waals surface area contributed by atoms with Gasteiger partial charge in [-0.25, -0.2) is 9.97 Å². The fourth-order valence-corrected chi connectivity index (χ4v) is 6.49. The summed E-state index contributed by atoms with van der Waals surface area (Å²) in [6.07, 6.45) is 0. The molecular formula is C37H45Cl2N5O4S. The topological polar surface area (TPSA) is 120 Å². The van der Waals surface area contributed by atoms with Gasteiger partial charge in [-0.05, 0) is 59.7 Å². The maximum atomic E-state index is 12.7. The van der Waals surface area contributed by atoms with E-state index in [0.717, 1.165) is 27.8 Å². The Hall–Kier alpha value is -3.38. The van der Waals surface area contributed by atoms with Crippen LogP contribution in [0.4, 0.5) is 0 Å². The van der Waals surface area contributed by atoms with Gasteiger partial charge in [0.05, 0.1) is 41.7 Å². The van der Waals surface area contributed by atoms with Crippen LogP contribution >= 0.6 is 23.2 Å². The number of rotatable bonds is 13. The molecule has 49 heavy (non-hydrogen) atoms. The number of amides is 1. The van der Waals surface area contributed by atoms with Crippen molar-refractivity contribution in [2.24, 2.45) is 0 Å². The monoisotopic (exact) mass is 725 g/mol. The van der Waals surface area contributed by atoms with Crippen LogP contribution in [0.2, 0.25) is 10.0 Å². The normalized spacial score (nSPS) is 13.1. The lowest BCUT2D eigenvalue weighted by atomic mass is 9.97. The lowest BCUT2D eigenvalue weighted by Crippen LogP contribution is -2.48. The Labute approximate surface area is 302 Å². The van der Waals surface area contributed by atoms with Crippen molar-refractivity contribution in [1.82, 2.24) is 25.3 Å². The second-order valence-corrected chi connectivity index (χ2v) is 16.1.